The van der Waals surface area contributed by atoms with Gasteiger partial charge >= 0.3 is 0 Å². The summed E-state index contributed by atoms with van der Waals surface area (Å²) in [6.07, 6.45) is -0.314. The molecule has 1 aromatic rings. The highest BCUT2D eigenvalue weighted by molar-refractivity contribution is 14.0. The fourth-order valence-corrected chi connectivity index (χ4v) is 2.81. The van der Waals surface area contributed by atoms with Gasteiger partial charge in [-0.25, -0.2) is 0 Å². The monoisotopic (exact) mass is 333 g/mol. The standard InChI is InChI=1S/C13H19NO.HI/c1-9(15)12-10-7-5-6-8-11(10)14(4)13(12,2)3;/h5-9,12,15H,1-4H3;1H. The first-order chi connectivity index (χ1) is 6.96. The Morgan fingerprint density at radius 3 is 2.44 bits per heavy atom. The van der Waals surface area contributed by atoms with Gasteiger partial charge in [-0.1, -0.05) is 18.2 Å². The second-order valence-corrected chi connectivity index (χ2v) is 4.99. The van der Waals surface area contributed by atoms with Crippen molar-refractivity contribution < 1.29 is 5.11 Å². The Bertz CT molecular complexity index is 376. The SMILES string of the molecule is CC(O)C1c2ccccc2N(C)C1(C)C.I. The number of nitrogens with zero attached hydrogens (tertiary/aromatic N) is 1. The molecule has 1 N–H and O–H groups in total. The van der Waals surface area contributed by atoms with E-state index in [0.717, 1.165) is 0 Å². The van der Waals surface area contributed by atoms with Gasteiger partial charge in [0.2, 0.25) is 0 Å². The largest absolute Gasteiger partial charge is 0.393 e. The van der Waals surface area contributed by atoms with Crippen LogP contribution in [0.2, 0.25) is 0 Å². The molecule has 0 amide bonds. The van der Waals surface area contributed by atoms with Gasteiger partial charge in [-0.15, -0.1) is 24.0 Å². The summed E-state index contributed by atoms with van der Waals surface area (Å²) in [4.78, 5) is 2.26. The quantitative estimate of drug-likeness (QED) is 0.799. The minimum atomic E-state index is -0.314. The molecule has 0 spiro atoms. The number of rotatable bonds is 1. The summed E-state index contributed by atoms with van der Waals surface area (Å²) in [5, 5.41) is 9.93. The molecule has 1 aliphatic heterocycles. The van der Waals surface area contributed by atoms with Crippen molar-refractivity contribution in [2.24, 2.45) is 0 Å². The van der Waals surface area contributed by atoms with E-state index >= 15 is 0 Å². The van der Waals surface area contributed by atoms with Crippen molar-refractivity contribution in [3.63, 3.8) is 0 Å². The van der Waals surface area contributed by atoms with Crippen LogP contribution in [0.3, 0.4) is 0 Å². The van der Waals surface area contributed by atoms with Crippen LogP contribution in [0, 0.1) is 0 Å². The third kappa shape index (κ3) is 1.84. The van der Waals surface area contributed by atoms with Gasteiger partial charge in [0.05, 0.1) is 6.10 Å². The summed E-state index contributed by atoms with van der Waals surface area (Å²) >= 11 is 0. The number of aliphatic hydroxyl groups excluding tert-OH is 1. The van der Waals surface area contributed by atoms with Gasteiger partial charge in [-0.05, 0) is 32.4 Å². The minimum Gasteiger partial charge on any atom is -0.393 e. The fraction of sp³-hybridized carbons (Fsp3) is 0.538. The Morgan fingerprint density at radius 1 is 1.31 bits per heavy atom. The van der Waals surface area contributed by atoms with Gasteiger partial charge in [0.25, 0.3) is 0 Å². The summed E-state index contributed by atoms with van der Waals surface area (Å²) in [5.74, 6) is 0.193. The van der Waals surface area contributed by atoms with E-state index in [1.54, 1.807) is 0 Å². The zero-order chi connectivity index (χ0) is 11.2. The third-order valence-corrected chi connectivity index (χ3v) is 3.74. The van der Waals surface area contributed by atoms with E-state index in [2.05, 4.69) is 44.0 Å². The molecule has 0 fully saturated rings. The van der Waals surface area contributed by atoms with Gasteiger partial charge in [0.1, 0.15) is 0 Å². The Balaban J connectivity index is 0.00000128. The second-order valence-electron chi connectivity index (χ2n) is 4.99. The zero-order valence-electron chi connectivity index (χ0n) is 10.3. The smallest absolute Gasteiger partial charge is 0.0603 e. The van der Waals surface area contributed by atoms with E-state index in [1.807, 2.05) is 13.0 Å². The molecular formula is C13H20INO. The predicted molar refractivity (Wildman–Crippen MR) is 78.8 cm³/mol. The Labute approximate surface area is 115 Å². The van der Waals surface area contributed by atoms with Crippen LogP contribution in [0.5, 0.6) is 0 Å². The van der Waals surface area contributed by atoms with Gasteiger partial charge in [0.15, 0.2) is 0 Å². The number of benzene rings is 1. The molecular weight excluding hydrogens is 313 g/mol. The maximum atomic E-state index is 9.93. The lowest BCUT2D eigenvalue weighted by Crippen LogP contribution is -2.44. The minimum absolute atomic E-state index is 0. The molecule has 2 atom stereocenters. The number of para-hydroxylation sites is 1. The van der Waals surface area contributed by atoms with Crippen molar-refractivity contribution >= 4 is 29.7 Å². The average molecular weight is 333 g/mol. The van der Waals surface area contributed by atoms with E-state index in [1.165, 1.54) is 11.3 Å². The number of likely N-dealkylation sites (N-methyl/N-ethyl adjacent to an activating group) is 1. The van der Waals surface area contributed by atoms with Crippen molar-refractivity contribution in [2.45, 2.75) is 38.3 Å². The Morgan fingerprint density at radius 2 is 1.88 bits per heavy atom. The van der Waals surface area contributed by atoms with Crippen LogP contribution < -0.4 is 4.90 Å². The third-order valence-electron chi connectivity index (χ3n) is 3.74. The van der Waals surface area contributed by atoms with Gasteiger partial charge in [0, 0.05) is 24.2 Å². The first-order valence-electron chi connectivity index (χ1n) is 5.47. The van der Waals surface area contributed by atoms with E-state index in [-0.39, 0.29) is 41.5 Å². The Hall–Kier alpha value is -0.290. The van der Waals surface area contributed by atoms with E-state index in [9.17, 15) is 5.11 Å². The molecule has 1 heterocycles. The molecule has 0 aromatic heterocycles. The number of fused-ring (bicyclic) bond motifs is 1. The summed E-state index contributed by atoms with van der Waals surface area (Å²) in [6, 6.07) is 8.34. The predicted octanol–water partition coefficient (Wildman–Crippen LogP) is 3.00. The van der Waals surface area contributed by atoms with Crippen LogP contribution >= 0.6 is 24.0 Å². The number of halogens is 1. The second kappa shape index (κ2) is 4.53. The van der Waals surface area contributed by atoms with Gasteiger partial charge in [-0.3, -0.25) is 0 Å². The molecule has 0 radical (unpaired) electrons. The fourth-order valence-electron chi connectivity index (χ4n) is 2.81. The molecule has 16 heavy (non-hydrogen) atoms. The summed E-state index contributed by atoms with van der Waals surface area (Å²) in [7, 11) is 2.10. The highest BCUT2D eigenvalue weighted by Crippen LogP contribution is 2.47. The molecule has 2 rings (SSSR count). The first-order valence-corrected chi connectivity index (χ1v) is 5.47. The molecule has 90 valence electrons. The van der Waals surface area contributed by atoms with Gasteiger partial charge in [-0.2, -0.15) is 0 Å². The van der Waals surface area contributed by atoms with E-state index < -0.39 is 0 Å². The van der Waals surface area contributed by atoms with Crippen LogP contribution in [-0.4, -0.2) is 23.8 Å². The molecule has 3 heteroatoms. The summed E-state index contributed by atoms with van der Waals surface area (Å²) in [6.45, 7) is 6.25. The molecule has 2 nitrogen and oxygen atoms in total. The number of aliphatic hydroxyl groups is 1. The highest BCUT2D eigenvalue weighted by atomic mass is 127. The molecule has 0 bridgehead atoms. The normalized spacial score (nSPS) is 23.6. The number of hydrogen-bond donors (Lipinski definition) is 1. The van der Waals surface area contributed by atoms with E-state index in [4.69, 9.17) is 0 Å². The van der Waals surface area contributed by atoms with Crippen molar-refractivity contribution in [2.75, 3.05) is 11.9 Å². The lowest BCUT2D eigenvalue weighted by molar-refractivity contribution is 0.134. The maximum absolute atomic E-state index is 9.93. The van der Waals surface area contributed by atoms with Crippen LogP contribution in [0.15, 0.2) is 24.3 Å². The molecule has 0 saturated carbocycles. The van der Waals surface area contributed by atoms with Crippen molar-refractivity contribution in [3.8, 4) is 0 Å². The van der Waals surface area contributed by atoms with Crippen molar-refractivity contribution in [3.05, 3.63) is 29.8 Å². The Kier molecular flexibility index (Phi) is 3.90. The molecule has 1 aromatic carbocycles. The van der Waals surface area contributed by atoms with Crippen molar-refractivity contribution in [1.29, 1.82) is 0 Å². The van der Waals surface area contributed by atoms with Crippen LogP contribution in [0.25, 0.3) is 0 Å². The molecule has 1 aliphatic rings. The molecule has 2 unspecified atom stereocenters. The maximum Gasteiger partial charge on any atom is 0.0603 e. The first kappa shape index (κ1) is 13.8. The summed E-state index contributed by atoms with van der Waals surface area (Å²) in [5.41, 5.74) is 2.49. The molecule has 0 aliphatic carbocycles. The molecule has 0 saturated heterocycles. The van der Waals surface area contributed by atoms with Crippen molar-refractivity contribution in [1.82, 2.24) is 0 Å². The lowest BCUT2D eigenvalue weighted by Gasteiger charge is -2.36. The summed E-state index contributed by atoms with van der Waals surface area (Å²) < 4.78 is 0. The number of anilines is 1. The van der Waals surface area contributed by atoms with Crippen LogP contribution in [0.1, 0.15) is 32.3 Å². The van der Waals surface area contributed by atoms with E-state index in [0.29, 0.717) is 0 Å². The number of hydrogen-bond acceptors (Lipinski definition) is 2. The average Bonchev–Trinajstić information content (AvgIpc) is 2.35. The van der Waals surface area contributed by atoms with Gasteiger partial charge < -0.3 is 10.0 Å². The zero-order valence-corrected chi connectivity index (χ0v) is 12.6. The van der Waals surface area contributed by atoms with Crippen LogP contribution in [0.4, 0.5) is 5.69 Å². The van der Waals surface area contributed by atoms with Crippen LogP contribution in [-0.2, 0) is 0 Å². The lowest BCUT2D eigenvalue weighted by atomic mass is 9.82. The topological polar surface area (TPSA) is 23.5 Å². The highest BCUT2D eigenvalue weighted by Gasteiger charge is 2.44.